The number of piperidine rings is 1. The van der Waals surface area contributed by atoms with E-state index in [1.165, 1.54) is 5.56 Å². The van der Waals surface area contributed by atoms with Gasteiger partial charge in [0.05, 0.1) is 12.0 Å². The Kier molecular flexibility index (Phi) is 4.12. The van der Waals surface area contributed by atoms with Gasteiger partial charge in [-0.05, 0) is 63.0 Å². The minimum Gasteiger partial charge on any atom is -0.465 e. The van der Waals surface area contributed by atoms with Crippen LogP contribution in [-0.4, -0.2) is 40.3 Å². The first-order valence-electron chi connectivity index (χ1n) is 9.02. The van der Waals surface area contributed by atoms with Crippen LogP contribution in [0, 0.1) is 19.3 Å². The molecule has 132 valence electrons. The van der Waals surface area contributed by atoms with Crippen molar-refractivity contribution in [2.75, 3.05) is 19.6 Å². The molecule has 2 aliphatic heterocycles. The molecule has 5 nitrogen and oxygen atoms in total. The van der Waals surface area contributed by atoms with Crippen LogP contribution < -0.4 is 0 Å². The van der Waals surface area contributed by atoms with E-state index in [0.29, 0.717) is 12.5 Å². The number of β-lactam (4-membered cyclic amide) rings is 1. The molecule has 0 radical (unpaired) electrons. The highest BCUT2D eigenvalue weighted by Gasteiger charge is 2.52. The summed E-state index contributed by atoms with van der Waals surface area (Å²) >= 11 is 0. The number of hydrogen-bond acceptors (Lipinski definition) is 4. The van der Waals surface area contributed by atoms with E-state index in [1.54, 1.807) is 6.20 Å². The third-order valence-electron chi connectivity index (χ3n) is 5.74. The molecule has 0 atom stereocenters. The first kappa shape index (κ1) is 16.3. The molecule has 0 aromatic carbocycles. The Morgan fingerprint density at radius 2 is 2.04 bits per heavy atom. The molecule has 2 aromatic rings. The van der Waals surface area contributed by atoms with Crippen LogP contribution >= 0.6 is 0 Å². The zero-order valence-corrected chi connectivity index (χ0v) is 15.0. The molecular weight excluding hydrogens is 314 g/mol. The largest absolute Gasteiger partial charge is 0.465 e. The predicted octanol–water partition coefficient (Wildman–Crippen LogP) is 2.92. The quantitative estimate of drug-likeness (QED) is 0.804. The third kappa shape index (κ3) is 3.09. The summed E-state index contributed by atoms with van der Waals surface area (Å²) in [5.74, 6) is 2.36. The lowest BCUT2D eigenvalue weighted by molar-refractivity contribution is -0.166. The van der Waals surface area contributed by atoms with Crippen LogP contribution in [0.5, 0.6) is 0 Å². The van der Waals surface area contributed by atoms with Crippen LogP contribution in [0.25, 0.3) is 0 Å². The summed E-state index contributed by atoms with van der Waals surface area (Å²) in [5.41, 5.74) is 2.20. The van der Waals surface area contributed by atoms with E-state index in [2.05, 4.69) is 22.9 Å². The first-order chi connectivity index (χ1) is 12.1. The van der Waals surface area contributed by atoms with Crippen LogP contribution in [0.2, 0.25) is 0 Å². The van der Waals surface area contributed by atoms with Crippen molar-refractivity contribution in [3.8, 4) is 0 Å². The molecular formula is C20H25N3O2. The summed E-state index contributed by atoms with van der Waals surface area (Å²) in [4.78, 5) is 21.2. The summed E-state index contributed by atoms with van der Waals surface area (Å²) in [6, 6.07) is 6.08. The van der Waals surface area contributed by atoms with Crippen molar-refractivity contribution in [3.63, 3.8) is 0 Å². The molecule has 0 N–H and O–H groups in total. The van der Waals surface area contributed by atoms with Gasteiger partial charge in [-0.3, -0.25) is 14.7 Å². The number of hydrogen-bond donors (Lipinski definition) is 0. The fourth-order valence-electron chi connectivity index (χ4n) is 4.05. The maximum absolute atomic E-state index is 12.7. The average Bonchev–Trinajstić information content (AvgIpc) is 2.94. The van der Waals surface area contributed by atoms with Crippen molar-refractivity contribution in [3.05, 3.63) is 53.2 Å². The van der Waals surface area contributed by atoms with Crippen LogP contribution in [0.4, 0.5) is 0 Å². The minimum absolute atomic E-state index is 0.117. The Morgan fingerprint density at radius 1 is 1.24 bits per heavy atom. The van der Waals surface area contributed by atoms with Gasteiger partial charge in [0.2, 0.25) is 5.91 Å². The number of furan rings is 1. The van der Waals surface area contributed by atoms with Gasteiger partial charge in [-0.15, -0.1) is 0 Å². The Bertz CT molecular complexity index is 741. The van der Waals surface area contributed by atoms with Crippen molar-refractivity contribution < 1.29 is 9.21 Å². The van der Waals surface area contributed by atoms with Crippen molar-refractivity contribution in [2.45, 2.75) is 39.8 Å². The van der Waals surface area contributed by atoms with E-state index in [0.717, 1.165) is 56.1 Å². The average molecular weight is 339 g/mol. The van der Waals surface area contributed by atoms with Crippen LogP contribution in [-0.2, 0) is 17.9 Å². The van der Waals surface area contributed by atoms with Gasteiger partial charge < -0.3 is 9.32 Å². The van der Waals surface area contributed by atoms with Gasteiger partial charge in [0.15, 0.2) is 0 Å². The summed E-state index contributed by atoms with van der Waals surface area (Å²) in [7, 11) is 0. The van der Waals surface area contributed by atoms with Crippen LogP contribution in [0.3, 0.4) is 0 Å². The molecule has 4 rings (SSSR count). The maximum Gasteiger partial charge on any atom is 0.231 e. The zero-order valence-electron chi connectivity index (χ0n) is 15.0. The molecule has 0 aliphatic carbocycles. The maximum atomic E-state index is 12.7. The Morgan fingerprint density at radius 3 is 2.64 bits per heavy atom. The third-order valence-corrected chi connectivity index (χ3v) is 5.74. The number of aryl methyl sites for hydroxylation is 2. The van der Waals surface area contributed by atoms with Gasteiger partial charge in [0.1, 0.15) is 11.5 Å². The summed E-state index contributed by atoms with van der Waals surface area (Å²) in [6.07, 6.45) is 5.51. The van der Waals surface area contributed by atoms with Crippen molar-refractivity contribution in [2.24, 2.45) is 5.41 Å². The number of pyridine rings is 1. The van der Waals surface area contributed by atoms with Crippen molar-refractivity contribution in [1.29, 1.82) is 0 Å². The van der Waals surface area contributed by atoms with E-state index in [1.807, 2.05) is 30.2 Å². The molecule has 5 heteroatoms. The lowest BCUT2D eigenvalue weighted by Crippen LogP contribution is -2.64. The van der Waals surface area contributed by atoms with Gasteiger partial charge in [-0.25, -0.2) is 0 Å². The first-order valence-corrected chi connectivity index (χ1v) is 9.02. The fourth-order valence-corrected chi connectivity index (χ4v) is 4.05. The van der Waals surface area contributed by atoms with E-state index >= 15 is 0 Å². The molecule has 2 fully saturated rings. The van der Waals surface area contributed by atoms with E-state index in [4.69, 9.17) is 4.42 Å². The topological polar surface area (TPSA) is 49.6 Å². The number of carbonyl (C=O) groups excluding carboxylic acids is 1. The van der Waals surface area contributed by atoms with Crippen molar-refractivity contribution >= 4 is 5.91 Å². The smallest absolute Gasteiger partial charge is 0.231 e. The highest BCUT2D eigenvalue weighted by molar-refractivity contribution is 5.88. The molecule has 1 amide bonds. The van der Waals surface area contributed by atoms with Gasteiger partial charge in [0, 0.05) is 25.5 Å². The fraction of sp³-hybridized carbons (Fsp3) is 0.500. The molecule has 25 heavy (non-hydrogen) atoms. The number of amides is 1. The van der Waals surface area contributed by atoms with E-state index in [9.17, 15) is 4.79 Å². The lowest BCUT2D eigenvalue weighted by atomic mass is 9.71. The van der Waals surface area contributed by atoms with Crippen LogP contribution in [0.15, 0.2) is 35.0 Å². The number of rotatable bonds is 4. The predicted molar refractivity (Wildman–Crippen MR) is 94.8 cm³/mol. The number of likely N-dealkylation sites (tertiary alicyclic amines) is 2. The molecule has 0 unspecified atom stereocenters. The molecule has 1 spiro atoms. The molecule has 0 bridgehead atoms. The summed E-state index contributed by atoms with van der Waals surface area (Å²) in [6.45, 7) is 8.43. The Balaban J connectivity index is 1.31. The summed E-state index contributed by atoms with van der Waals surface area (Å²) < 4.78 is 5.79. The standard InChI is InChI=1S/C20H25N3O2/c1-15-10-18(25-16(15)2)13-22-8-5-20(6-9-22)14-23(19(20)24)12-17-4-3-7-21-11-17/h3-4,7,10-11H,5-6,8-9,12-14H2,1-2H3. The normalized spacial score (nSPS) is 20.1. The monoisotopic (exact) mass is 339 g/mol. The second-order valence-electron chi connectivity index (χ2n) is 7.53. The molecule has 0 saturated carbocycles. The Labute approximate surface area is 148 Å². The number of carbonyl (C=O) groups is 1. The SMILES string of the molecule is Cc1cc(CN2CCC3(CC2)CN(Cc2cccnc2)C3=O)oc1C. The van der Waals surface area contributed by atoms with Gasteiger partial charge in [-0.2, -0.15) is 0 Å². The van der Waals surface area contributed by atoms with Crippen molar-refractivity contribution in [1.82, 2.24) is 14.8 Å². The summed E-state index contributed by atoms with van der Waals surface area (Å²) in [5, 5.41) is 0. The van der Waals surface area contributed by atoms with Gasteiger partial charge >= 0.3 is 0 Å². The van der Waals surface area contributed by atoms with Gasteiger partial charge in [0.25, 0.3) is 0 Å². The Hall–Kier alpha value is -2.14. The highest BCUT2D eigenvalue weighted by atomic mass is 16.3. The van der Waals surface area contributed by atoms with E-state index < -0.39 is 0 Å². The molecule has 4 heterocycles. The second-order valence-corrected chi connectivity index (χ2v) is 7.53. The molecule has 2 aromatic heterocycles. The highest BCUT2D eigenvalue weighted by Crippen LogP contribution is 2.42. The second kappa shape index (κ2) is 6.30. The minimum atomic E-state index is -0.117. The van der Waals surface area contributed by atoms with Gasteiger partial charge in [-0.1, -0.05) is 6.07 Å². The molecule has 2 saturated heterocycles. The number of aromatic nitrogens is 1. The van der Waals surface area contributed by atoms with E-state index in [-0.39, 0.29) is 5.41 Å². The molecule has 2 aliphatic rings. The number of nitrogens with zero attached hydrogens (tertiary/aromatic N) is 3. The van der Waals surface area contributed by atoms with Crippen LogP contribution in [0.1, 0.15) is 35.5 Å². The zero-order chi connectivity index (χ0) is 17.4. The lowest BCUT2D eigenvalue weighted by Gasteiger charge is -2.52.